The van der Waals surface area contributed by atoms with Crippen LogP contribution in [-0.2, 0) is 14.3 Å². The molecule has 1 aliphatic carbocycles. The fourth-order valence-corrected chi connectivity index (χ4v) is 2.57. The molecular formula is C13H19NO3. The summed E-state index contributed by atoms with van der Waals surface area (Å²) < 4.78 is 5.02. The van der Waals surface area contributed by atoms with Crippen LogP contribution in [0.25, 0.3) is 0 Å². The molecule has 0 aromatic rings. The van der Waals surface area contributed by atoms with Crippen LogP contribution in [0.15, 0.2) is 12.2 Å². The Morgan fingerprint density at radius 3 is 2.71 bits per heavy atom. The van der Waals surface area contributed by atoms with E-state index in [0.717, 1.165) is 25.7 Å². The van der Waals surface area contributed by atoms with E-state index in [2.05, 4.69) is 0 Å². The van der Waals surface area contributed by atoms with Crippen LogP contribution in [0.3, 0.4) is 0 Å². The van der Waals surface area contributed by atoms with Crippen LogP contribution in [0.4, 0.5) is 0 Å². The van der Waals surface area contributed by atoms with Gasteiger partial charge in [-0.2, -0.15) is 0 Å². The van der Waals surface area contributed by atoms with E-state index in [-0.39, 0.29) is 23.8 Å². The smallest absolute Gasteiger partial charge is 0.328 e. The Labute approximate surface area is 102 Å². The fourth-order valence-electron chi connectivity index (χ4n) is 2.57. The monoisotopic (exact) mass is 237 g/mol. The number of rotatable bonds is 3. The van der Waals surface area contributed by atoms with Crippen molar-refractivity contribution in [3.8, 4) is 0 Å². The second kappa shape index (κ2) is 5.34. The molecule has 17 heavy (non-hydrogen) atoms. The lowest BCUT2D eigenvalue weighted by Crippen LogP contribution is -2.43. The Bertz CT molecular complexity index is 330. The summed E-state index contributed by atoms with van der Waals surface area (Å²) in [6.45, 7) is 2.86. The molecule has 0 aromatic carbocycles. The van der Waals surface area contributed by atoms with E-state index >= 15 is 0 Å². The zero-order valence-electron chi connectivity index (χ0n) is 10.2. The van der Waals surface area contributed by atoms with Gasteiger partial charge in [0, 0.05) is 12.5 Å². The van der Waals surface area contributed by atoms with Gasteiger partial charge in [0.25, 0.3) is 0 Å². The normalized spacial score (nSPS) is 24.3. The van der Waals surface area contributed by atoms with Gasteiger partial charge < -0.3 is 9.64 Å². The van der Waals surface area contributed by atoms with Gasteiger partial charge in [0.05, 0.1) is 6.61 Å². The predicted molar refractivity (Wildman–Crippen MR) is 63.2 cm³/mol. The van der Waals surface area contributed by atoms with Crippen LogP contribution < -0.4 is 0 Å². The number of nitrogens with zero attached hydrogens (tertiary/aromatic N) is 1. The van der Waals surface area contributed by atoms with Gasteiger partial charge in [-0.3, -0.25) is 4.79 Å². The summed E-state index contributed by atoms with van der Waals surface area (Å²) >= 11 is 0. The summed E-state index contributed by atoms with van der Waals surface area (Å²) in [5.41, 5.74) is 0. The van der Waals surface area contributed by atoms with Crippen LogP contribution in [-0.4, -0.2) is 36.0 Å². The molecule has 4 heteroatoms. The zero-order chi connectivity index (χ0) is 12.3. The first kappa shape index (κ1) is 12.1. The maximum Gasteiger partial charge on any atom is 0.328 e. The molecule has 2 aliphatic rings. The van der Waals surface area contributed by atoms with E-state index in [0.29, 0.717) is 13.2 Å². The molecule has 2 rings (SSSR count). The van der Waals surface area contributed by atoms with Crippen LogP contribution in [0.1, 0.15) is 32.6 Å². The van der Waals surface area contributed by atoms with Crippen molar-refractivity contribution in [1.29, 1.82) is 0 Å². The van der Waals surface area contributed by atoms with Gasteiger partial charge in [-0.1, -0.05) is 12.2 Å². The molecule has 1 unspecified atom stereocenters. The fraction of sp³-hybridized carbons (Fsp3) is 0.692. The summed E-state index contributed by atoms with van der Waals surface area (Å²) in [6.07, 6.45) is 7.34. The molecule has 0 saturated carbocycles. The third-order valence-electron chi connectivity index (χ3n) is 3.45. The minimum Gasteiger partial charge on any atom is -0.464 e. The first-order chi connectivity index (χ1) is 8.24. The summed E-state index contributed by atoms with van der Waals surface area (Å²) in [7, 11) is 0. The quantitative estimate of drug-likeness (QED) is 0.552. The highest BCUT2D eigenvalue weighted by molar-refractivity contribution is 5.86. The molecule has 4 nitrogen and oxygen atoms in total. The van der Waals surface area contributed by atoms with Gasteiger partial charge in [-0.25, -0.2) is 4.79 Å². The minimum atomic E-state index is -0.344. The highest BCUT2D eigenvalue weighted by Crippen LogP contribution is 2.26. The van der Waals surface area contributed by atoms with Crippen LogP contribution >= 0.6 is 0 Å². The van der Waals surface area contributed by atoms with Crippen LogP contribution in [0, 0.1) is 5.92 Å². The molecule has 0 spiro atoms. The number of carbonyl (C=O) groups is 2. The Morgan fingerprint density at radius 1 is 1.35 bits per heavy atom. The number of hydrogen-bond acceptors (Lipinski definition) is 3. The molecule has 0 N–H and O–H groups in total. The number of allylic oxidation sites excluding steroid dienone is 2. The number of ether oxygens (including phenoxy) is 1. The first-order valence-corrected chi connectivity index (χ1v) is 6.36. The standard InChI is InChI=1S/C13H19NO3/c1-2-17-13(16)11-8-5-9-14(11)12(15)10-6-3-4-7-10/h3-4,10-11H,2,5-9H2,1H3. The average molecular weight is 237 g/mol. The van der Waals surface area contributed by atoms with E-state index in [1.54, 1.807) is 11.8 Å². The second-order valence-electron chi connectivity index (χ2n) is 4.58. The topological polar surface area (TPSA) is 46.6 Å². The molecule has 94 valence electrons. The van der Waals surface area contributed by atoms with Crippen molar-refractivity contribution in [2.24, 2.45) is 5.92 Å². The molecule has 1 atom stereocenters. The zero-order valence-corrected chi connectivity index (χ0v) is 10.2. The van der Waals surface area contributed by atoms with Gasteiger partial charge >= 0.3 is 5.97 Å². The third kappa shape index (κ3) is 2.51. The second-order valence-corrected chi connectivity index (χ2v) is 4.58. The van der Waals surface area contributed by atoms with E-state index < -0.39 is 0 Å². The van der Waals surface area contributed by atoms with E-state index in [9.17, 15) is 9.59 Å². The summed E-state index contributed by atoms with van der Waals surface area (Å²) in [5, 5.41) is 0. The predicted octanol–water partition coefficient (Wildman–Crippen LogP) is 1.51. The Hall–Kier alpha value is -1.32. The number of likely N-dealkylation sites (tertiary alicyclic amines) is 1. The minimum absolute atomic E-state index is 0.0463. The Morgan fingerprint density at radius 2 is 2.06 bits per heavy atom. The van der Waals surface area contributed by atoms with Crippen LogP contribution in [0.5, 0.6) is 0 Å². The third-order valence-corrected chi connectivity index (χ3v) is 3.45. The van der Waals surface area contributed by atoms with Crippen LogP contribution in [0.2, 0.25) is 0 Å². The summed E-state index contributed by atoms with van der Waals surface area (Å²) in [6, 6.07) is -0.344. The number of esters is 1. The van der Waals surface area contributed by atoms with Crippen molar-refractivity contribution in [1.82, 2.24) is 4.90 Å². The maximum absolute atomic E-state index is 12.2. The molecule has 0 radical (unpaired) electrons. The molecule has 1 aliphatic heterocycles. The molecule has 1 amide bonds. The van der Waals surface area contributed by atoms with Crippen molar-refractivity contribution in [2.45, 2.75) is 38.6 Å². The lowest BCUT2D eigenvalue weighted by atomic mass is 10.1. The molecule has 1 saturated heterocycles. The van der Waals surface area contributed by atoms with Gasteiger partial charge in [-0.15, -0.1) is 0 Å². The summed E-state index contributed by atoms with van der Waals surface area (Å²) in [4.78, 5) is 25.7. The maximum atomic E-state index is 12.2. The largest absolute Gasteiger partial charge is 0.464 e. The Kier molecular flexibility index (Phi) is 3.82. The van der Waals surface area contributed by atoms with Crippen molar-refractivity contribution < 1.29 is 14.3 Å². The van der Waals surface area contributed by atoms with E-state index in [1.807, 2.05) is 12.2 Å². The van der Waals surface area contributed by atoms with Crippen molar-refractivity contribution in [3.63, 3.8) is 0 Å². The van der Waals surface area contributed by atoms with Crippen molar-refractivity contribution in [3.05, 3.63) is 12.2 Å². The molecule has 1 heterocycles. The lowest BCUT2D eigenvalue weighted by Gasteiger charge is -2.25. The van der Waals surface area contributed by atoms with Gasteiger partial charge in [0.15, 0.2) is 0 Å². The first-order valence-electron chi connectivity index (χ1n) is 6.36. The van der Waals surface area contributed by atoms with Gasteiger partial charge in [0.2, 0.25) is 5.91 Å². The highest BCUT2D eigenvalue weighted by Gasteiger charge is 2.37. The number of carbonyl (C=O) groups excluding carboxylic acids is 2. The SMILES string of the molecule is CCOC(=O)C1CCCN1C(=O)C1CC=CC1. The highest BCUT2D eigenvalue weighted by atomic mass is 16.5. The average Bonchev–Trinajstić information content (AvgIpc) is 3.00. The molecule has 1 fully saturated rings. The molecular weight excluding hydrogens is 218 g/mol. The van der Waals surface area contributed by atoms with Gasteiger partial charge in [-0.05, 0) is 32.6 Å². The Balaban J connectivity index is 1.98. The van der Waals surface area contributed by atoms with E-state index in [4.69, 9.17) is 4.74 Å². The molecule has 0 aromatic heterocycles. The lowest BCUT2D eigenvalue weighted by molar-refractivity contribution is -0.154. The summed E-state index contributed by atoms with van der Waals surface area (Å²) in [5.74, 6) is -0.0834. The van der Waals surface area contributed by atoms with Crippen molar-refractivity contribution >= 4 is 11.9 Å². The van der Waals surface area contributed by atoms with E-state index in [1.165, 1.54) is 0 Å². The van der Waals surface area contributed by atoms with Crippen molar-refractivity contribution in [2.75, 3.05) is 13.2 Å². The number of hydrogen-bond donors (Lipinski definition) is 0. The molecule has 0 bridgehead atoms. The number of amides is 1. The van der Waals surface area contributed by atoms with Gasteiger partial charge in [0.1, 0.15) is 6.04 Å².